The average Bonchev–Trinajstić information content (AvgIpc) is 3.45. The maximum Gasteiger partial charge on any atom is 0.287 e. The van der Waals surface area contributed by atoms with E-state index in [1.807, 2.05) is 29.2 Å². The Bertz CT molecular complexity index is 1680. The summed E-state index contributed by atoms with van der Waals surface area (Å²) in [5.74, 6) is 0.363. The zero-order valence-electron chi connectivity index (χ0n) is 24.8. The fourth-order valence-corrected chi connectivity index (χ4v) is 6.69. The number of para-hydroxylation sites is 1. The highest BCUT2D eigenvalue weighted by Gasteiger charge is 2.26. The highest BCUT2D eigenvalue weighted by atomic mass is 35.5. The van der Waals surface area contributed by atoms with E-state index in [1.165, 1.54) is 17.2 Å². The SMILES string of the molecule is O=C(N[C@@H](CCN1CCC(c2ccccc2CN2CCCC2=O)CC1)Cc1ccc(Cl)cc1)c1cc(=O)c2ccccc2o1. The minimum absolute atomic E-state index is 0.0184. The van der Waals surface area contributed by atoms with Crippen LogP contribution in [0, 0.1) is 0 Å². The highest BCUT2D eigenvalue weighted by molar-refractivity contribution is 6.30. The number of carbonyl (C=O) groups excluding carboxylic acids is 2. The van der Waals surface area contributed by atoms with Crippen molar-refractivity contribution in [2.75, 3.05) is 26.2 Å². The molecule has 0 aliphatic carbocycles. The Kier molecular flexibility index (Phi) is 9.43. The van der Waals surface area contributed by atoms with E-state index in [1.54, 1.807) is 24.3 Å². The first-order valence-corrected chi connectivity index (χ1v) is 16.0. The number of amides is 2. The van der Waals surface area contributed by atoms with Gasteiger partial charge in [0.05, 0.1) is 5.39 Å². The Hall–Kier alpha value is -3.94. The Morgan fingerprint density at radius 3 is 2.48 bits per heavy atom. The van der Waals surface area contributed by atoms with Crippen LogP contribution in [0.5, 0.6) is 0 Å². The van der Waals surface area contributed by atoms with Crippen molar-refractivity contribution in [3.05, 3.63) is 117 Å². The van der Waals surface area contributed by atoms with Gasteiger partial charge in [0.15, 0.2) is 11.2 Å². The molecule has 228 valence electrons. The van der Waals surface area contributed by atoms with E-state index in [2.05, 4.69) is 34.5 Å². The number of nitrogens with one attached hydrogen (secondary N) is 1. The lowest BCUT2D eigenvalue weighted by atomic mass is 9.86. The van der Waals surface area contributed by atoms with Gasteiger partial charge in [0.2, 0.25) is 5.91 Å². The summed E-state index contributed by atoms with van der Waals surface area (Å²) in [6.45, 7) is 4.35. The lowest BCUT2D eigenvalue weighted by Crippen LogP contribution is -2.41. The zero-order chi connectivity index (χ0) is 30.5. The fourth-order valence-electron chi connectivity index (χ4n) is 6.56. The standard InChI is InChI=1S/C36H38ClN3O4/c37-28-13-11-25(12-14-28)22-29(38-36(43)34-23-32(41)31-8-3-4-9-33(31)44-34)17-21-39-19-15-26(16-20-39)30-7-2-1-6-27(30)24-40-18-5-10-35(40)42/h1-4,6-9,11-14,23,26,29H,5,10,15-22,24H2,(H,38,43)/t29-/m0/s1. The van der Waals surface area contributed by atoms with E-state index in [-0.39, 0.29) is 23.1 Å². The molecule has 1 N–H and O–H groups in total. The van der Waals surface area contributed by atoms with Crippen molar-refractivity contribution in [2.24, 2.45) is 0 Å². The molecule has 1 atom stereocenters. The van der Waals surface area contributed by atoms with Crippen LogP contribution in [-0.4, -0.2) is 53.8 Å². The Balaban J connectivity index is 1.09. The van der Waals surface area contributed by atoms with Crippen LogP contribution in [0.15, 0.2) is 88.1 Å². The van der Waals surface area contributed by atoms with Gasteiger partial charge in [0.25, 0.3) is 5.91 Å². The van der Waals surface area contributed by atoms with Crippen molar-refractivity contribution >= 4 is 34.4 Å². The summed E-state index contributed by atoms with van der Waals surface area (Å²) in [5, 5.41) is 4.27. The number of hydrogen-bond acceptors (Lipinski definition) is 5. The number of halogens is 1. The van der Waals surface area contributed by atoms with Gasteiger partial charge in [-0.1, -0.05) is 60.1 Å². The molecule has 0 bridgehead atoms. The summed E-state index contributed by atoms with van der Waals surface area (Å²) in [6, 6.07) is 24.4. The monoisotopic (exact) mass is 611 g/mol. The third-order valence-electron chi connectivity index (χ3n) is 9.00. The summed E-state index contributed by atoms with van der Waals surface area (Å²) in [4.78, 5) is 42.7. The molecule has 0 radical (unpaired) electrons. The quantitative estimate of drug-likeness (QED) is 0.232. The molecule has 2 amide bonds. The number of carbonyl (C=O) groups is 2. The second kappa shape index (κ2) is 13.8. The van der Waals surface area contributed by atoms with Crippen LogP contribution in [0.2, 0.25) is 5.02 Å². The minimum atomic E-state index is -0.390. The summed E-state index contributed by atoms with van der Waals surface area (Å²) in [5.41, 5.74) is 3.88. The van der Waals surface area contributed by atoms with Crippen LogP contribution in [-0.2, 0) is 17.8 Å². The molecule has 2 aliphatic heterocycles. The van der Waals surface area contributed by atoms with Gasteiger partial charge in [0.1, 0.15) is 5.58 Å². The molecule has 6 rings (SSSR count). The van der Waals surface area contributed by atoms with Crippen LogP contribution < -0.4 is 10.7 Å². The normalized spacial score (nSPS) is 16.8. The lowest BCUT2D eigenvalue weighted by Gasteiger charge is -2.34. The van der Waals surface area contributed by atoms with Gasteiger partial charge in [-0.25, -0.2) is 0 Å². The zero-order valence-corrected chi connectivity index (χ0v) is 25.6. The summed E-state index contributed by atoms with van der Waals surface area (Å²) in [6.07, 6.45) is 5.12. The Labute approximate surface area is 262 Å². The van der Waals surface area contributed by atoms with Crippen molar-refractivity contribution in [1.29, 1.82) is 0 Å². The van der Waals surface area contributed by atoms with Gasteiger partial charge in [-0.3, -0.25) is 14.4 Å². The number of rotatable bonds is 10. The van der Waals surface area contributed by atoms with Gasteiger partial charge < -0.3 is 19.5 Å². The third kappa shape index (κ3) is 7.22. The molecular formula is C36H38ClN3O4. The molecule has 2 fully saturated rings. The van der Waals surface area contributed by atoms with E-state index < -0.39 is 5.91 Å². The first-order valence-electron chi connectivity index (χ1n) is 15.6. The van der Waals surface area contributed by atoms with E-state index in [0.29, 0.717) is 41.3 Å². The number of hydrogen-bond donors (Lipinski definition) is 1. The van der Waals surface area contributed by atoms with Crippen LogP contribution >= 0.6 is 11.6 Å². The molecule has 0 spiro atoms. The molecule has 7 nitrogen and oxygen atoms in total. The smallest absolute Gasteiger partial charge is 0.287 e. The van der Waals surface area contributed by atoms with Gasteiger partial charge in [0, 0.05) is 43.2 Å². The maximum absolute atomic E-state index is 13.3. The van der Waals surface area contributed by atoms with E-state index in [9.17, 15) is 14.4 Å². The summed E-state index contributed by atoms with van der Waals surface area (Å²) >= 11 is 6.12. The molecule has 0 unspecified atom stereocenters. The van der Waals surface area contributed by atoms with Crippen molar-refractivity contribution in [3.8, 4) is 0 Å². The number of nitrogens with zero attached hydrogens (tertiary/aromatic N) is 2. The second-order valence-corrected chi connectivity index (χ2v) is 12.4. The number of piperidine rings is 1. The van der Waals surface area contributed by atoms with Gasteiger partial charge >= 0.3 is 0 Å². The molecule has 1 aromatic heterocycles. The van der Waals surface area contributed by atoms with Crippen molar-refractivity contribution in [2.45, 2.75) is 57.0 Å². The van der Waals surface area contributed by atoms with Crippen LogP contribution in [0.3, 0.4) is 0 Å². The molecule has 0 saturated carbocycles. The highest BCUT2D eigenvalue weighted by Crippen LogP contribution is 2.32. The minimum Gasteiger partial charge on any atom is -0.451 e. The molecule has 4 aromatic rings. The van der Waals surface area contributed by atoms with Gasteiger partial charge in [-0.15, -0.1) is 0 Å². The van der Waals surface area contributed by atoms with E-state index >= 15 is 0 Å². The lowest BCUT2D eigenvalue weighted by molar-refractivity contribution is -0.128. The molecule has 3 aromatic carbocycles. The first kappa shape index (κ1) is 30.1. The summed E-state index contributed by atoms with van der Waals surface area (Å²) < 4.78 is 5.82. The largest absolute Gasteiger partial charge is 0.451 e. The van der Waals surface area contributed by atoms with Crippen LogP contribution in [0.1, 0.15) is 65.3 Å². The summed E-state index contributed by atoms with van der Waals surface area (Å²) in [7, 11) is 0. The van der Waals surface area contributed by atoms with Crippen molar-refractivity contribution in [3.63, 3.8) is 0 Å². The molecule has 2 aliphatic rings. The molecule has 3 heterocycles. The van der Waals surface area contributed by atoms with E-state index in [0.717, 1.165) is 57.4 Å². The average molecular weight is 612 g/mol. The number of likely N-dealkylation sites (tertiary alicyclic amines) is 2. The van der Waals surface area contributed by atoms with E-state index in [4.69, 9.17) is 16.0 Å². The second-order valence-electron chi connectivity index (χ2n) is 12.0. The van der Waals surface area contributed by atoms with Crippen LogP contribution in [0.25, 0.3) is 11.0 Å². The van der Waals surface area contributed by atoms with Crippen molar-refractivity contribution in [1.82, 2.24) is 15.1 Å². The van der Waals surface area contributed by atoms with Crippen molar-refractivity contribution < 1.29 is 14.0 Å². The molecule has 8 heteroatoms. The Morgan fingerprint density at radius 2 is 1.70 bits per heavy atom. The third-order valence-corrected chi connectivity index (χ3v) is 9.25. The molecule has 44 heavy (non-hydrogen) atoms. The van der Waals surface area contributed by atoms with Gasteiger partial charge in [-0.2, -0.15) is 0 Å². The van der Waals surface area contributed by atoms with Crippen LogP contribution in [0.4, 0.5) is 0 Å². The number of fused-ring (bicyclic) bond motifs is 1. The topological polar surface area (TPSA) is 82.9 Å². The molecule has 2 saturated heterocycles. The van der Waals surface area contributed by atoms with Gasteiger partial charge in [-0.05, 0) is 92.1 Å². The first-order chi connectivity index (χ1) is 21.4. The fraction of sp³-hybridized carbons (Fsp3) is 0.361. The predicted molar refractivity (Wildman–Crippen MR) is 173 cm³/mol. The maximum atomic E-state index is 13.3. The Morgan fingerprint density at radius 1 is 0.955 bits per heavy atom. The number of benzene rings is 3. The molecular weight excluding hydrogens is 574 g/mol. The predicted octanol–water partition coefficient (Wildman–Crippen LogP) is 6.18.